The van der Waals surface area contributed by atoms with Gasteiger partial charge in [0.2, 0.25) is 0 Å². The summed E-state index contributed by atoms with van der Waals surface area (Å²) in [5.41, 5.74) is 1.58. The average Bonchev–Trinajstić information content (AvgIpc) is 2.18. The first kappa shape index (κ1) is 9.74. The molecule has 0 radical (unpaired) electrons. The summed E-state index contributed by atoms with van der Waals surface area (Å²) >= 11 is 0. The summed E-state index contributed by atoms with van der Waals surface area (Å²) in [6.07, 6.45) is 1.35. The molecule has 1 rings (SSSR count). The number of rotatable bonds is 3. The number of carbonyl (C=O) groups excluding carboxylic acids is 1. The Kier molecular flexibility index (Phi) is 3.03. The van der Waals surface area contributed by atoms with E-state index in [2.05, 4.69) is 0 Å². The zero-order chi connectivity index (χ0) is 9.84. The molecule has 0 saturated heterocycles. The molecule has 3 heteroatoms. The topological polar surface area (TPSA) is 57.5 Å². The zero-order valence-electron chi connectivity index (χ0n) is 7.45. The number of hydrogen-bond acceptors (Lipinski definition) is 3. The number of hydrogen-bond donors (Lipinski definition) is 2. The summed E-state index contributed by atoms with van der Waals surface area (Å²) in [7, 11) is 0. The van der Waals surface area contributed by atoms with Gasteiger partial charge >= 0.3 is 0 Å². The molecule has 0 aliphatic carbocycles. The highest BCUT2D eigenvalue weighted by atomic mass is 16.3. The lowest BCUT2D eigenvalue weighted by atomic mass is 10.0. The Labute approximate surface area is 76.6 Å². The van der Waals surface area contributed by atoms with Gasteiger partial charge in [-0.05, 0) is 24.1 Å². The molecule has 0 atom stereocenters. The Morgan fingerprint density at radius 1 is 1.38 bits per heavy atom. The van der Waals surface area contributed by atoms with Crippen LogP contribution in [0, 0.1) is 0 Å². The summed E-state index contributed by atoms with van der Waals surface area (Å²) in [5, 5.41) is 18.4. The van der Waals surface area contributed by atoms with Crippen LogP contribution >= 0.6 is 0 Å². The molecule has 0 aromatic heterocycles. The minimum absolute atomic E-state index is 0.0931. The standard InChI is InChI=1S/C10H12O3/c1-2-8-3-7(5-11)4-9(6-12)10(8)13/h3-5,12-13H,2,6H2,1H3. The first-order chi connectivity index (χ1) is 6.22. The van der Waals surface area contributed by atoms with Gasteiger partial charge in [0.15, 0.2) is 0 Å². The van der Waals surface area contributed by atoms with E-state index in [1.807, 2.05) is 6.92 Å². The van der Waals surface area contributed by atoms with Crippen molar-refractivity contribution in [3.8, 4) is 5.75 Å². The molecule has 0 bridgehead atoms. The van der Waals surface area contributed by atoms with E-state index in [-0.39, 0.29) is 12.4 Å². The first-order valence-corrected chi connectivity index (χ1v) is 4.13. The third-order valence-corrected chi connectivity index (χ3v) is 1.98. The van der Waals surface area contributed by atoms with Crippen LogP contribution in [0.4, 0.5) is 0 Å². The van der Waals surface area contributed by atoms with E-state index in [1.54, 1.807) is 6.07 Å². The van der Waals surface area contributed by atoms with Crippen molar-refractivity contribution >= 4 is 6.29 Å². The van der Waals surface area contributed by atoms with Crippen LogP contribution in [0.3, 0.4) is 0 Å². The van der Waals surface area contributed by atoms with Crippen LogP contribution in [0.25, 0.3) is 0 Å². The molecule has 2 N–H and O–H groups in total. The normalized spacial score (nSPS) is 10.0. The molecule has 70 valence electrons. The fraction of sp³-hybridized carbons (Fsp3) is 0.300. The Morgan fingerprint density at radius 2 is 2.00 bits per heavy atom. The van der Waals surface area contributed by atoms with Gasteiger partial charge in [-0.3, -0.25) is 4.79 Å². The molecule has 0 fully saturated rings. The molecule has 0 heterocycles. The van der Waals surface area contributed by atoms with Crippen molar-refractivity contribution in [1.29, 1.82) is 0 Å². The summed E-state index contributed by atoms with van der Waals surface area (Å²) < 4.78 is 0. The van der Waals surface area contributed by atoms with E-state index < -0.39 is 0 Å². The maximum atomic E-state index is 10.5. The lowest BCUT2D eigenvalue weighted by Gasteiger charge is -2.07. The molecule has 0 amide bonds. The van der Waals surface area contributed by atoms with Crippen LogP contribution in [0.2, 0.25) is 0 Å². The van der Waals surface area contributed by atoms with Gasteiger partial charge in [0.25, 0.3) is 0 Å². The van der Waals surface area contributed by atoms with Gasteiger partial charge in [0, 0.05) is 11.1 Å². The third-order valence-electron chi connectivity index (χ3n) is 1.98. The fourth-order valence-electron chi connectivity index (χ4n) is 1.25. The van der Waals surface area contributed by atoms with Crippen molar-refractivity contribution in [2.45, 2.75) is 20.0 Å². The Morgan fingerprint density at radius 3 is 2.46 bits per heavy atom. The predicted molar refractivity (Wildman–Crippen MR) is 48.8 cm³/mol. The number of aliphatic hydroxyl groups excluding tert-OH is 1. The largest absolute Gasteiger partial charge is 0.507 e. The molecule has 0 aliphatic heterocycles. The van der Waals surface area contributed by atoms with Crippen LogP contribution in [-0.4, -0.2) is 16.5 Å². The van der Waals surface area contributed by atoms with Crippen LogP contribution in [0.15, 0.2) is 12.1 Å². The summed E-state index contributed by atoms with van der Waals surface area (Å²) in [5.74, 6) is 0.0931. The second-order valence-corrected chi connectivity index (χ2v) is 2.82. The first-order valence-electron chi connectivity index (χ1n) is 4.13. The minimum atomic E-state index is -0.249. The molecule has 0 saturated carbocycles. The highest BCUT2D eigenvalue weighted by molar-refractivity contribution is 5.76. The number of aromatic hydroxyl groups is 1. The van der Waals surface area contributed by atoms with Crippen LogP contribution in [0.5, 0.6) is 5.75 Å². The summed E-state index contributed by atoms with van der Waals surface area (Å²) in [6, 6.07) is 3.11. The quantitative estimate of drug-likeness (QED) is 0.688. The lowest BCUT2D eigenvalue weighted by molar-refractivity contribution is 0.112. The maximum Gasteiger partial charge on any atom is 0.150 e. The summed E-state index contributed by atoms with van der Waals surface area (Å²) in [6.45, 7) is 1.63. The highest BCUT2D eigenvalue weighted by Gasteiger charge is 2.07. The van der Waals surface area contributed by atoms with Gasteiger partial charge in [0.05, 0.1) is 6.61 Å². The van der Waals surface area contributed by atoms with Crippen molar-refractivity contribution < 1.29 is 15.0 Å². The van der Waals surface area contributed by atoms with Crippen LogP contribution in [-0.2, 0) is 13.0 Å². The molecule has 13 heavy (non-hydrogen) atoms. The minimum Gasteiger partial charge on any atom is -0.507 e. The fourth-order valence-corrected chi connectivity index (χ4v) is 1.25. The SMILES string of the molecule is CCc1cc(C=O)cc(CO)c1O. The second-order valence-electron chi connectivity index (χ2n) is 2.82. The molecule has 0 unspecified atom stereocenters. The number of phenols is 1. The van der Waals surface area contributed by atoms with Gasteiger partial charge < -0.3 is 10.2 Å². The summed E-state index contributed by atoms with van der Waals surface area (Å²) in [4.78, 5) is 10.5. The predicted octanol–water partition coefficient (Wildman–Crippen LogP) is 1.26. The van der Waals surface area contributed by atoms with Crippen molar-refractivity contribution in [1.82, 2.24) is 0 Å². The van der Waals surface area contributed by atoms with Gasteiger partial charge in [-0.1, -0.05) is 6.92 Å². The Hall–Kier alpha value is -1.35. The maximum absolute atomic E-state index is 10.5. The number of aryl methyl sites for hydroxylation is 1. The Bertz CT molecular complexity index is 293. The van der Waals surface area contributed by atoms with Crippen molar-refractivity contribution in [3.63, 3.8) is 0 Å². The number of aliphatic hydroxyl groups is 1. The number of carbonyl (C=O) groups is 1. The highest BCUT2D eigenvalue weighted by Crippen LogP contribution is 2.24. The molecular formula is C10H12O3. The van der Waals surface area contributed by atoms with Crippen molar-refractivity contribution in [2.75, 3.05) is 0 Å². The van der Waals surface area contributed by atoms with Crippen molar-refractivity contribution in [2.24, 2.45) is 0 Å². The monoisotopic (exact) mass is 180 g/mol. The van der Waals surface area contributed by atoms with E-state index in [4.69, 9.17) is 5.11 Å². The lowest BCUT2D eigenvalue weighted by Crippen LogP contribution is -1.93. The van der Waals surface area contributed by atoms with E-state index in [0.717, 1.165) is 0 Å². The number of benzene rings is 1. The molecular weight excluding hydrogens is 168 g/mol. The molecule has 1 aromatic rings. The van der Waals surface area contributed by atoms with E-state index in [9.17, 15) is 9.90 Å². The second kappa shape index (κ2) is 4.05. The molecule has 0 spiro atoms. The van der Waals surface area contributed by atoms with E-state index in [0.29, 0.717) is 29.4 Å². The molecule has 0 aliphatic rings. The van der Waals surface area contributed by atoms with Gasteiger partial charge in [0.1, 0.15) is 12.0 Å². The van der Waals surface area contributed by atoms with Gasteiger partial charge in [-0.2, -0.15) is 0 Å². The zero-order valence-corrected chi connectivity index (χ0v) is 7.45. The Balaban J connectivity index is 3.28. The van der Waals surface area contributed by atoms with Crippen molar-refractivity contribution in [3.05, 3.63) is 28.8 Å². The van der Waals surface area contributed by atoms with Crippen LogP contribution < -0.4 is 0 Å². The third kappa shape index (κ3) is 1.87. The molecule has 3 nitrogen and oxygen atoms in total. The van der Waals surface area contributed by atoms with Gasteiger partial charge in [-0.25, -0.2) is 0 Å². The van der Waals surface area contributed by atoms with E-state index >= 15 is 0 Å². The van der Waals surface area contributed by atoms with E-state index in [1.165, 1.54) is 6.07 Å². The average molecular weight is 180 g/mol. The van der Waals surface area contributed by atoms with Gasteiger partial charge in [-0.15, -0.1) is 0 Å². The molecule has 1 aromatic carbocycles. The smallest absolute Gasteiger partial charge is 0.150 e. The number of aldehydes is 1. The van der Waals surface area contributed by atoms with Crippen LogP contribution in [0.1, 0.15) is 28.4 Å².